The molecule has 16 heavy (non-hydrogen) atoms. The molecule has 0 aromatic heterocycles. The number of hydrogen-bond acceptors (Lipinski definition) is 4. The number of nitrogens with zero attached hydrogens (tertiary/aromatic N) is 1. The quantitative estimate of drug-likeness (QED) is 0.719. The number of carbonyl (C=O) groups excluding carboxylic acids is 1. The minimum absolute atomic E-state index is 0.115. The lowest BCUT2D eigenvalue weighted by Crippen LogP contribution is -2.47. The maximum absolute atomic E-state index is 11.5. The first kappa shape index (κ1) is 13.5. The highest BCUT2D eigenvalue weighted by Gasteiger charge is 2.33. The van der Waals surface area contributed by atoms with Gasteiger partial charge in [-0.1, -0.05) is 0 Å². The van der Waals surface area contributed by atoms with Crippen LogP contribution in [0.4, 0.5) is 0 Å². The molecule has 1 N–H and O–H groups in total. The summed E-state index contributed by atoms with van der Waals surface area (Å²) in [5.74, 6) is -0.199. The lowest BCUT2D eigenvalue weighted by atomic mass is 10.1. The molecule has 0 spiro atoms. The van der Waals surface area contributed by atoms with Crippen molar-refractivity contribution in [3.05, 3.63) is 0 Å². The zero-order valence-corrected chi connectivity index (χ0v) is 10.5. The van der Waals surface area contributed by atoms with Crippen molar-refractivity contribution in [3.8, 4) is 0 Å². The SMILES string of the molecule is CCOC(=O)CN(C(C)C)C1CCCC1O. The molecule has 0 aromatic carbocycles. The molecule has 0 aliphatic heterocycles. The van der Waals surface area contributed by atoms with Gasteiger partial charge in [-0.2, -0.15) is 0 Å². The normalized spacial score (nSPS) is 25.4. The second-order valence-electron chi connectivity index (χ2n) is 4.64. The van der Waals surface area contributed by atoms with Gasteiger partial charge >= 0.3 is 5.97 Å². The van der Waals surface area contributed by atoms with Crippen LogP contribution in [0.25, 0.3) is 0 Å². The van der Waals surface area contributed by atoms with Gasteiger partial charge in [-0.15, -0.1) is 0 Å². The molecule has 0 aromatic rings. The van der Waals surface area contributed by atoms with Crippen molar-refractivity contribution in [1.29, 1.82) is 0 Å². The molecule has 2 unspecified atom stereocenters. The largest absolute Gasteiger partial charge is 0.465 e. The summed E-state index contributed by atoms with van der Waals surface area (Å²) in [5, 5.41) is 9.86. The van der Waals surface area contributed by atoms with Gasteiger partial charge in [0, 0.05) is 12.1 Å². The van der Waals surface area contributed by atoms with Gasteiger partial charge in [0.1, 0.15) is 0 Å². The first-order chi connectivity index (χ1) is 7.56. The van der Waals surface area contributed by atoms with E-state index in [0.717, 1.165) is 19.3 Å². The molecule has 0 heterocycles. The number of aliphatic hydroxyl groups excluding tert-OH is 1. The molecule has 4 nitrogen and oxygen atoms in total. The van der Waals surface area contributed by atoms with Crippen LogP contribution in [0.5, 0.6) is 0 Å². The molecule has 2 atom stereocenters. The maximum atomic E-state index is 11.5. The van der Waals surface area contributed by atoms with Crippen LogP contribution in [-0.4, -0.2) is 47.3 Å². The van der Waals surface area contributed by atoms with E-state index in [9.17, 15) is 9.90 Å². The van der Waals surface area contributed by atoms with Crippen molar-refractivity contribution in [1.82, 2.24) is 4.90 Å². The van der Waals surface area contributed by atoms with E-state index in [1.165, 1.54) is 0 Å². The van der Waals surface area contributed by atoms with Crippen LogP contribution in [0.15, 0.2) is 0 Å². The first-order valence-corrected chi connectivity index (χ1v) is 6.15. The first-order valence-electron chi connectivity index (χ1n) is 6.15. The summed E-state index contributed by atoms with van der Waals surface area (Å²) in [4.78, 5) is 13.5. The summed E-state index contributed by atoms with van der Waals surface area (Å²) in [5.41, 5.74) is 0. The Morgan fingerprint density at radius 2 is 2.19 bits per heavy atom. The Morgan fingerprint density at radius 1 is 1.50 bits per heavy atom. The molecule has 94 valence electrons. The number of aliphatic hydroxyl groups is 1. The lowest BCUT2D eigenvalue weighted by Gasteiger charge is -2.33. The third-order valence-electron chi connectivity index (χ3n) is 3.15. The van der Waals surface area contributed by atoms with Crippen LogP contribution in [0, 0.1) is 0 Å². The summed E-state index contributed by atoms with van der Waals surface area (Å²) in [7, 11) is 0. The summed E-state index contributed by atoms with van der Waals surface area (Å²) in [6.45, 7) is 6.60. The number of hydrogen-bond donors (Lipinski definition) is 1. The molecular formula is C12H23NO3. The van der Waals surface area contributed by atoms with Crippen molar-refractivity contribution in [2.75, 3.05) is 13.2 Å². The van der Waals surface area contributed by atoms with Gasteiger partial charge < -0.3 is 9.84 Å². The molecule has 4 heteroatoms. The van der Waals surface area contributed by atoms with Gasteiger partial charge in [0.15, 0.2) is 0 Å². The van der Waals surface area contributed by atoms with Gasteiger partial charge in [-0.3, -0.25) is 9.69 Å². The van der Waals surface area contributed by atoms with Crippen LogP contribution in [0.3, 0.4) is 0 Å². The predicted molar refractivity (Wildman–Crippen MR) is 62.1 cm³/mol. The lowest BCUT2D eigenvalue weighted by molar-refractivity contribution is -0.146. The monoisotopic (exact) mass is 229 g/mol. The zero-order valence-electron chi connectivity index (χ0n) is 10.5. The Hall–Kier alpha value is -0.610. The van der Waals surface area contributed by atoms with Gasteiger partial charge in [0.2, 0.25) is 0 Å². The molecule has 1 saturated carbocycles. The van der Waals surface area contributed by atoms with Gasteiger partial charge in [-0.25, -0.2) is 0 Å². The van der Waals surface area contributed by atoms with E-state index in [-0.39, 0.29) is 30.7 Å². The van der Waals surface area contributed by atoms with Crippen LogP contribution in [0.2, 0.25) is 0 Å². The van der Waals surface area contributed by atoms with E-state index >= 15 is 0 Å². The van der Waals surface area contributed by atoms with Gasteiger partial charge in [0.05, 0.1) is 19.3 Å². The Balaban J connectivity index is 2.56. The molecule has 1 fully saturated rings. The second-order valence-corrected chi connectivity index (χ2v) is 4.64. The highest BCUT2D eigenvalue weighted by atomic mass is 16.5. The zero-order chi connectivity index (χ0) is 12.1. The molecular weight excluding hydrogens is 206 g/mol. The van der Waals surface area contributed by atoms with Crippen LogP contribution >= 0.6 is 0 Å². The summed E-state index contributed by atoms with van der Waals surface area (Å²) >= 11 is 0. The number of rotatable bonds is 5. The Labute approximate surface area is 97.6 Å². The van der Waals surface area contributed by atoms with Crippen LogP contribution in [-0.2, 0) is 9.53 Å². The van der Waals surface area contributed by atoms with Crippen LogP contribution in [0.1, 0.15) is 40.0 Å². The van der Waals surface area contributed by atoms with Gasteiger partial charge in [-0.05, 0) is 40.0 Å². The minimum Gasteiger partial charge on any atom is -0.465 e. The molecule has 0 bridgehead atoms. The summed E-state index contributed by atoms with van der Waals surface area (Å²) in [6, 6.07) is 0.367. The third-order valence-corrected chi connectivity index (χ3v) is 3.15. The Morgan fingerprint density at radius 3 is 2.62 bits per heavy atom. The molecule has 1 aliphatic rings. The molecule has 1 rings (SSSR count). The van der Waals surface area contributed by atoms with E-state index < -0.39 is 0 Å². The highest BCUT2D eigenvalue weighted by molar-refractivity contribution is 5.71. The van der Waals surface area contributed by atoms with E-state index in [1.54, 1.807) is 0 Å². The highest BCUT2D eigenvalue weighted by Crippen LogP contribution is 2.25. The van der Waals surface area contributed by atoms with E-state index in [1.807, 2.05) is 20.8 Å². The fourth-order valence-electron chi connectivity index (χ4n) is 2.35. The minimum atomic E-state index is -0.295. The van der Waals surface area contributed by atoms with Gasteiger partial charge in [0.25, 0.3) is 0 Å². The molecule has 0 saturated heterocycles. The Bertz CT molecular complexity index is 230. The average molecular weight is 229 g/mol. The van der Waals surface area contributed by atoms with E-state index in [0.29, 0.717) is 6.61 Å². The van der Waals surface area contributed by atoms with Crippen molar-refractivity contribution in [2.24, 2.45) is 0 Å². The summed E-state index contributed by atoms with van der Waals surface area (Å²) < 4.78 is 4.96. The Kier molecular flexibility index (Phi) is 5.22. The smallest absolute Gasteiger partial charge is 0.320 e. The molecule has 0 radical (unpaired) electrons. The van der Waals surface area contributed by atoms with E-state index in [4.69, 9.17) is 4.74 Å². The number of carbonyl (C=O) groups is 1. The fraction of sp³-hybridized carbons (Fsp3) is 0.917. The predicted octanol–water partition coefficient (Wildman–Crippen LogP) is 1.17. The van der Waals surface area contributed by atoms with Crippen molar-refractivity contribution in [2.45, 2.75) is 58.2 Å². The summed E-state index contributed by atoms with van der Waals surface area (Å²) in [6.07, 6.45) is 2.56. The fourth-order valence-corrected chi connectivity index (χ4v) is 2.35. The topological polar surface area (TPSA) is 49.8 Å². The number of ether oxygens (including phenoxy) is 1. The standard InChI is InChI=1S/C12H23NO3/c1-4-16-12(15)8-13(9(2)3)10-6-5-7-11(10)14/h9-11,14H,4-8H2,1-3H3. The average Bonchev–Trinajstić information content (AvgIpc) is 2.61. The molecule has 0 amide bonds. The van der Waals surface area contributed by atoms with Crippen molar-refractivity contribution in [3.63, 3.8) is 0 Å². The molecule has 1 aliphatic carbocycles. The van der Waals surface area contributed by atoms with Crippen molar-refractivity contribution >= 4 is 5.97 Å². The van der Waals surface area contributed by atoms with E-state index in [2.05, 4.69) is 4.90 Å². The number of esters is 1. The second kappa shape index (κ2) is 6.21. The maximum Gasteiger partial charge on any atom is 0.320 e. The van der Waals surface area contributed by atoms with Crippen LogP contribution < -0.4 is 0 Å². The third kappa shape index (κ3) is 3.46. The van der Waals surface area contributed by atoms with Crippen molar-refractivity contribution < 1.29 is 14.6 Å².